The maximum atomic E-state index is 5.70. The molecule has 1 aliphatic rings. The molecule has 4 rings (SSSR count). The molecule has 0 saturated carbocycles. The highest BCUT2D eigenvalue weighted by atomic mass is 32.1. The van der Waals surface area contributed by atoms with E-state index in [4.69, 9.17) is 17.0 Å². The van der Waals surface area contributed by atoms with Crippen LogP contribution >= 0.6 is 12.2 Å². The van der Waals surface area contributed by atoms with Gasteiger partial charge in [0.15, 0.2) is 0 Å². The first-order chi connectivity index (χ1) is 14.7. The molecule has 0 bridgehead atoms. The first-order valence-corrected chi connectivity index (χ1v) is 10.9. The van der Waals surface area contributed by atoms with Gasteiger partial charge in [0.1, 0.15) is 12.1 Å². The Morgan fingerprint density at radius 1 is 1.00 bits per heavy atom. The molecule has 0 amide bonds. The third-order valence-corrected chi connectivity index (χ3v) is 5.99. The van der Waals surface area contributed by atoms with Gasteiger partial charge in [0.2, 0.25) is 4.77 Å². The molecule has 0 radical (unpaired) electrons. The normalized spacial score (nSPS) is 14.3. The lowest BCUT2D eigenvalue weighted by Gasteiger charge is -2.31. The quantitative estimate of drug-likeness (QED) is 0.524. The fraction of sp³-hybridized carbons (Fsp3) is 0.391. The average molecular weight is 424 g/mol. The van der Waals surface area contributed by atoms with E-state index in [0.29, 0.717) is 11.4 Å². The molecular formula is C23H29N5OS. The van der Waals surface area contributed by atoms with Crippen LogP contribution in [0.25, 0.3) is 5.69 Å². The second-order valence-electron chi connectivity index (χ2n) is 7.79. The number of hydrogen-bond donors (Lipinski definition) is 0. The third-order valence-electron chi connectivity index (χ3n) is 5.58. The Hall–Kier alpha value is -2.64. The Labute approximate surface area is 183 Å². The molecule has 158 valence electrons. The zero-order valence-electron chi connectivity index (χ0n) is 17.7. The van der Waals surface area contributed by atoms with Crippen LogP contribution in [0.4, 0.5) is 5.69 Å². The number of anilines is 1. The number of benzene rings is 2. The summed E-state index contributed by atoms with van der Waals surface area (Å²) in [5.74, 6) is 0.775. The highest BCUT2D eigenvalue weighted by Gasteiger charge is 2.16. The fourth-order valence-electron chi connectivity index (χ4n) is 4.09. The first kappa shape index (κ1) is 20.6. The standard InChI is InChI=1S/C23H29N5OS/c1-25(16-19-10-4-5-11-20(19)26-14-8-3-9-15-26)18-28-23(30)27(17-24-28)21-12-6-7-13-22(21)29-2/h4-7,10-13,17H,3,8-9,14-16,18H2,1-2H3. The smallest absolute Gasteiger partial charge is 0.203 e. The largest absolute Gasteiger partial charge is 0.495 e. The van der Waals surface area contributed by atoms with Crippen LogP contribution in [0.5, 0.6) is 5.75 Å². The Kier molecular flexibility index (Phi) is 6.50. The van der Waals surface area contributed by atoms with Gasteiger partial charge in [-0.3, -0.25) is 9.47 Å². The van der Waals surface area contributed by atoms with Gasteiger partial charge in [-0.05, 0) is 62.3 Å². The van der Waals surface area contributed by atoms with Crippen LogP contribution in [0.15, 0.2) is 54.9 Å². The van der Waals surface area contributed by atoms with Gasteiger partial charge >= 0.3 is 0 Å². The van der Waals surface area contributed by atoms with E-state index in [-0.39, 0.29) is 0 Å². The molecule has 0 unspecified atom stereocenters. The molecule has 6 nitrogen and oxygen atoms in total. The van der Waals surface area contributed by atoms with E-state index in [9.17, 15) is 0 Å². The van der Waals surface area contributed by atoms with E-state index in [0.717, 1.165) is 31.1 Å². The molecule has 0 N–H and O–H groups in total. The molecule has 2 heterocycles. The number of aromatic nitrogens is 3. The lowest BCUT2D eigenvalue weighted by Crippen LogP contribution is -2.31. The maximum absolute atomic E-state index is 5.70. The van der Waals surface area contributed by atoms with E-state index in [1.165, 1.54) is 30.5 Å². The molecule has 1 fully saturated rings. The van der Waals surface area contributed by atoms with Gasteiger partial charge in [0.05, 0.1) is 19.5 Å². The van der Waals surface area contributed by atoms with Gasteiger partial charge in [-0.1, -0.05) is 30.3 Å². The van der Waals surface area contributed by atoms with Crippen molar-refractivity contribution in [2.24, 2.45) is 0 Å². The zero-order valence-corrected chi connectivity index (χ0v) is 18.5. The van der Waals surface area contributed by atoms with E-state index in [2.05, 4.69) is 46.2 Å². The molecule has 0 aliphatic carbocycles. The van der Waals surface area contributed by atoms with Crippen LogP contribution in [0, 0.1) is 4.77 Å². The summed E-state index contributed by atoms with van der Waals surface area (Å²) in [6.45, 7) is 3.76. The van der Waals surface area contributed by atoms with Crippen LogP contribution in [0.1, 0.15) is 24.8 Å². The summed E-state index contributed by atoms with van der Waals surface area (Å²) in [5, 5.41) is 4.53. The van der Waals surface area contributed by atoms with Crippen molar-refractivity contribution in [1.82, 2.24) is 19.2 Å². The minimum atomic E-state index is 0.620. The lowest BCUT2D eigenvalue weighted by molar-refractivity contribution is 0.244. The van der Waals surface area contributed by atoms with Gasteiger partial charge in [-0.15, -0.1) is 0 Å². The molecule has 3 aromatic rings. The van der Waals surface area contributed by atoms with Crippen molar-refractivity contribution in [3.8, 4) is 11.4 Å². The van der Waals surface area contributed by atoms with E-state index in [1.807, 2.05) is 33.5 Å². The lowest BCUT2D eigenvalue weighted by atomic mass is 10.1. The average Bonchev–Trinajstić information content (AvgIpc) is 3.14. The molecule has 1 aromatic heterocycles. The van der Waals surface area contributed by atoms with Crippen molar-refractivity contribution < 1.29 is 4.74 Å². The van der Waals surface area contributed by atoms with Crippen molar-refractivity contribution in [3.05, 3.63) is 65.2 Å². The number of ether oxygens (including phenoxy) is 1. The summed E-state index contributed by atoms with van der Waals surface area (Å²) in [6, 6.07) is 16.6. The predicted octanol–water partition coefficient (Wildman–Crippen LogP) is 4.49. The second kappa shape index (κ2) is 9.45. The van der Waals surface area contributed by atoms with Crippen molar-refractivity contribution in [2.45, 2.75) is 32.5 Å². The fourth-order valence-corrected chi connectivity index (χ4v) is 4.34. The van der Waals surface area contributed by atoms with Crippen LogP contribution in [-0.4, -0.2) is 46.5 Å². The number of nitrogens with zero attached hydrogens (tertiary/aromatic N) is 5. The maximum Gasteiger partial charge on any atom is 0.203 e. The molecule has 2 aromatic carbocycles. The monoisotopic (exact) mass is 423 g/mol. The van der Waals surface area contributed by atoms with E-state index >= 15 is 0 Å². The summed E-state index contributed by atoms with van der Waals surface area (Å²) in [6.07, 6.45) is 5.65. The van der Waals surface area contributed by atoms with Gasteiger partial charge in [0, 0.05) is 25.3 Å². The van der Waals surface area contributed by atoms with Crippen LogP contribution in [-0.2, 0) is 13.2 Å². The number of rotatable bonds is 7. The van der Waals surface area contributed by atoms with E-state index < -0.39 is 0 Å². The Morgan fingerprint density at radius 3 is 2.47 bits per heavy atom. The molecule has 0 spiro atoms. The molecule has 1 aliphatic heterocycles. The molecule has 1 saturated heterocycles. The van der Waals surface area contributed by atoms with Crippen LogP contribution in [0.2, 0.25) is 0 Å². The molecule has 0 atom stereocenters. The molecule has 30 heavy (non-hydrogen) atoms. The highest BCUT2D eigenvalue weighted by Crippen LogP contribution is 2.25. The Bertz CT molecular complexity index is 1040. The summed E-state index contributed by atoms with van der Waals surface area (Å²) in [7, 11) is 3.78. The summed E-state index contributed by atoms with van der Waals surface area (Å²) >= 11 is 5.70. The predicted molar refractivity (Wildman–Crippen MR) is 123 cm³/mol. The number of para-hydroxylation sites is 3. The van der Waals surface area contributed by atoms with E-state index in [1.54, 1.807) is 13.4 Å². The van der Waals surface area contributed by atoms with Gasteiger partial charge in [-0.25, -0.2) is 4.68 Å². The van der Waals surface area contributed by atoms with Gasteiger partial charge in [0.25, 0.3) is 0 Å². The summed E-state index contributed by atoms with van der Waals surface area (Å²) in [4.78, 5) is 4.77. The van der Waals surface area contributed by atoms with Crippen LogP contribution in [0.3, 0.4) is 0 Å². The minimum absolute atomic E-state index is 0.620. The summed E-state index contributed by atoms with van der Waals surface area (Å²) < 4.78 is 9.87. The molecule has 7 heteroatoms. The third kappa shape index (κ3) is 4.42. The number of hydrogen-bond acceptors (Lipinski definition) is 5. The Morgan fingerprint density at radius 2 is 1.70 bits per heavy atom. The zero-order chi connectivity index (χ0) is 20.9. The molecular weight excluding hydrogens is 394 g/mol. The van der Waals surface area contributed by atoms with Crippen molar-refractivity contribution in [2.75, 3.05) is 32.1 Å². The second-order valence-corrected chi connectivity index (χ2v) is 8.15. The first-order valence-electron chi connectivity index (χ1n) is 10.5. The number of piperidine rings is 1. The SMILES string of the molecule is COc1ccccc1-n1cnn(CN(C)Cc2ccccc2N2CCCCC2)c1=S. The Balaban J connectivity index is 1.50. The van der Waals surface area contributed by atoms with Crippen molar-refractivity contribution >= 4 is 17.9 Å². The van der Waals surface area contributed by atoms with Gasteiger partial charge < -0.3 is 9.64 Å². The number of methoxy groups -OCH3 is 1. The summed E-state index contributed by atoms with van der Waals surface area (Å²) in [5.41, 5.74) is 3.60. The topological polar surface area (TPSA) is 38.5 Å². The van der Waals surface area contributed by atoms with Crippen LogP contribution < -0.4 is 9.64 Å². The minimum Gasteiger partial charge on any atom is -0.495 e. The van der Waals surface area contributed by atoms with Gasteiger partial charge in [-0.2, -0.15) is 5.10 Å². The van der Waals surface area contributed by atoms with Crippen molar-refractivity contribution in [1.29, 1.82) is 0 Å². The van der Waals surface area contributed by atoms with Crippen molar-refractivity contribution in [3.63, 3.8) is 0 Å². The highest BCUT2D eigenvalue weighted by molar-refractivity contribution is 7.71.